The first kappa shape index (κ1) is 16.6. The monoisotopic (exact) mass is 349 g/mol. The minimum atomic E-state index is 0.118. The molecule has 0 radical (unpaired) electrons. The lowest BCUT2D eigenvalue weighted by Crippen LogP contribution is -2.35. The number of imidazole rings is 1. The fourth-order valence-corrected chi connectivity index (χ4v) is 3.48. The van der Waals surface area contributed by atoms with Crippen molar-refractivity contribution in [2.75, 3.05) is 11.4 Å². The number of hydrogen-bond acceptors (Lipinski definition) is 6. The quantitative estimate of drug-likeness (QED) is 0.781. The summed E-state index contributed by atoms with van der Waals surface area (Å²) in [6, 6.07) is 4.06. The van der Waals surface area contributed by atoms with E-state index < -0.39 is 0 Å². The number of hydrogen-bond donors (Lipinski definition) is 1. The first-order valence-corrected chi connectivity index (χ1v) is 9.04. The third kappa shape index (κ3) is 3.29. The van der Waals surface area contributed by atoms with Crippen LogP contribution in [-0.2, 0) is 0 Å². The molecule has 26 heavy (non-hydrogen) atoms. The van der Waals surface area contributed by atoms with Crippen molar-refractivity contribution >= 4 is 5.82 Å². The molecule has 1 saturated heterocycles. The molecule has 3 aromatic heterocycles. The first-order chi connectivity index (χ1) is 12.6. The highest BCUT2D eigenvalue weighted by Gasteiger charge is 2.28. The number of nitrogens with zero attached hydrogens (tertiary/aromatic N) is 6. The molecule has 0 spiro atoms. The van der Waals surface area contributed by atoms with Crippen LogP contribution >= 0.6 is 0 Å². The zero-order valence-electron chi connectivity index (χ0n) is 15.4. The zero-order chi connectivity index (χ0) is 18.1. The van der Waals surface area contributed by atoms with E-state index in [9.17, 15) is 0 Å². The van der Waals surface area contributed by atoms with Crippen LogP contribution in [0, 0.1) is 20.8 Å². The van der Waals surface area contributed by atoms with Crippen LogP contribution in [0.1, 0.15) is 48.3 Å². The number of nitrogens with one attached hydrogen (secondary N) is 1. The maximum absolute atomic E-state index is 4.85. The maximum atomic E-state index is 4.85. The van der Waals surface area contributed by atoms with Gasteiger partial charge in [-0.2, -0.15) is 0 Å². The molecule has 0 unspecified atom stereocenters. The fourth-order valence-electron chi connectivity index (χ4n) is 3.48. The SMILES string of the molecule is Cc1cc(-c2ncc(C)[nH]2)nc([C@H]2CCCCN2c2ccnc(C)n2)n1. The normalized spacial score (nSPS) is 17.5. The molecule has 0 aliphatic carbocycles. The fraction of sp³-hybridized carbons (Fsp3) is 0.421. The smallest absolute Gasteiger partial charge is 0.156 e. The van der Waals surface area contributed by atoms with Crippen molar-refractivity contribution in [3.8, 4) is 11.5 Å². The summed E-state index contributed by atoms with van der Waals surface area (Å²) in [6.45, 7) is 6.87. The lowest BCUT2D eigenvalue weighted by Gasteiger charge is -2.35. The van der Waals surface area contributed by atoms with Crippen molar-refractivity contribution in [3.63, 3.8) is 0 Å². The van der Waals surface area contributed by atoms with E-state index in [1.54, 1.807) is 0 Å². The Morgan fingerprint density at radius 2 is 1.96 bits per heavy atom. The maximum Gasteiger partial charge on any atom is 0.156 e. The predicted octanol–water partition coefficient (Wildman–Crippen LogP) is 3.31. The molecule has 0 saturated carbocycles. The standard InChI is InChI=1S/C19H23N7/c1-12-10-15(18-21-11-13(2)23-18)25-19(22-12)16-6-4-5-9-26(16)17-7-8-20-14(3)24-17/h7-8,10-11,16H,4-6,9H2,1-3H3,(H,21,23)/t16-/m1/s1. The van der Waals surface area contributed by atoms with Gasteiger partial charge in [-0.25, -0.2) is 24.9 Å². The molecular weight excluding hydrogens is 326 g/mol. The van der Waals surface area contributed by atoms with Gasteiger partial charge in [-0.05, 0) is 52.2 Å². The van der Waals surface area contributed by atoms with Crippen molar-refractivity contribution in [2.45, 2.75) is 46.1 Å². The zero-order valence-corrected chi connectivity index (χ0v) is 15.4. The van der Waals surface area contributed by atoms with Crippen molar-refractivity contribution in [1.82, 2.24) is 29.9 Å². The Bertz CT molecular complexity index is 918. The largest absolute Gasteiger partial charge is 0.346 e. The predicted molar refractivity (Wildman–Crippen MR) is 99.8 cm³/mol. The second kappa shape index (κ2) is 6.82. The molecule has 1 N–H and O–H groups in total. The Hall–Kier alpha value is -2.83. The molecule has 7 heteroatoms. The van der Waals surface area contributed by atoms with Gasteiger partial charge in [0.15, 0.2) is 11.6 Å². The second-order valence-electron chi connectivity index (χ2n) is 6.83. The van der Waals surface area contributed by atoms with E-state index in [0.717, 1.165) is 66.2 Å². The van der Waals surface area contributed by atoms with Gasteiger partial charge in [0, 0.05) is 30.3 Å². The average molecular weight is 349 g/mol. The van der Waals surface area contributed by atoms with Gasteiger partial charge in [0.2, 0.25) is 0 Å². The molecule has 1 fully saturated rings. The summed E-state index contributed by atoms with van der Waals surface area (Å²) in [5, 5.41) is 0. The summed E-state index contributed by atoms with van der Waals surface area (Å²) >= 11 is 0. The first-order valence-electron chi connectivity index (χ1n) is 9.04. The Morgan fingerprint density at radius 1 is 1.08 bits per heavy atom. The van der Waals surface area contributed by atoms with Crippen LogP contribution in [0.4, 0.5) is 5.82 Å². The highest BCUT2D eigenvalue weighted by Crippen LogP contribution is 2.33. The van der Waals surface area contributed by atoms with Gasteiger partial charge in [-0.3, -0.25) is 0 Å². The Labute approximate surface area is 153 Å². The van der Waals surface area contributed by atoms with E-state index in [2.05, 4.69) is 24.8 Å². The molecule has 0 aromatic carbocycles. The lowest BCUT2D eigenvalue weighted by molar-refractivity contribution is 0.452. The second-order valence-corrected chi connectivity index (χ2v) is 6.83. The summed E-state index contributed by atoms with van der Waals surface area (Å²) in [5.74, 6) is 3.35. The van der Waals surface area contributed by atoms with Gasteiger partial charge in [0.25, 0.3) is 0 Å². The van der Waals surface area contributed by atoms with E-state index in [-0.39, 0.29) is 6.04 Å². The van der Waals surface area contributed by atoms with Crippen LogP contribution in [-0.4, -0.2) is 36.4 Å². The minimum Gasteiger partial charge on any atom is -0.346 e. The molecule has 7 nitrogen and oxygen atoms in total. The molecule has 1 aliphatic rings. The number of H-pyrrole nitrogens is 1. The minimum absolute atomic E-state index is 0.118. The van der Waals surface area contributed by atoms with Gasteiger partial charge in [0.05, 0.1) is 6.04 Å². The highest BCUT2D eigenvalue weighted by molar-refractivity contribution is 5.50. The van der Waals surface area contributed by atoms with E-state index in [0.29, 0.717) is 0 Å². The van der Waals surface area contributed by atoms with Gasteiger partial charge in [-0.15, -0.1) is 0 Å². The summed E-state index contributed by atoms with van der Waals surface area (Å²) in [6.07, 6.45) is 6.97. The number of aromatic amines is 1. The van der Waals surface area contributed by atoms with Crippen LogP contribution in [0.5, 0.6) is 0 Å². The molecule has 4 heterocycles. The van der Waals surface area contributed by atoms with Crippen LogP contribution in [0.2, 0.25) is 0 Å². The number of aryl methyl sites for hydroxylation is 3. The molecule has 3 aromatic rings. The summed E-state index contributed by atoms with van der Waals surface area (Å²) < 4.78 is 0. The van der Waals surface area contributed by atoms with E-state index >= 15 is 0 Å². The molecule has 0 amide bonds. The third-order valence-corrected chi connectivity index (χ3v) is 4.67. The Morgan fingerprint density at radius 3 is 2.73 bits per heavy atom. The Kier molecular flexibility index (Phi) is 4.36. The van der Waals surface area contributed by atoms with Crippen LogP contribution in [0.3, 0.4) is 0 Å². The van der Waals surface area contributed by atoms with Gasteiger partial charge >= 0.3 is 0 Å². The summed E-state index contributed by atoms with van der Waals surface area (Å²) in [4.78, 5) is 28.4. The summed E-state index contributed by atoms with van der Waals surface area (Å²) in [5.41, 5.74) is 2.81. The van der Waals surface area contributed by atoms with Crippen LogP contribution in [0.25, 0.3) is 11.5 Å². The van der Waals surface area contributed by atoms with E-state index in [4.69, 9.17) is 9.97 Å². The topological polar surface area (TPSA) is 83.5 Å². The molecular formula is C19H23N7. The van der Waals surface area contributed by atoms with Crippen molar-refractivity contribution in [3.05, 3.63) is 47.6 Å². The third-order valence-electron chi connectivity index (χ3n) is 4.67. The molecule has 4 rings (SSSR count). The molecule has 134 valence electrons. The van der Waals surface area contributed by atoms with E-state index in [1.165, 1.54) is 0 Å². The van der Waals surface area contributed by atoms with Gasteiger partial charge < -0.3 is 9.88 Å². The van der Waals surface area contributed by atoms with Gasteiger partial charge in [-0.1, -0.05) is 0 Å². The lowest BCUT2D eigenvalue weighted by atomic mass is 10.0. The van der Waals surface area contributed by atoms with Crippen LogP contribution < -0.4 is 4.90 Å². The van der Waals surface area contributed by atoms with Gasteiger partial charge in [0.1, 0.15) is 17.3 Å². The molecule has 0 bridgehead atoms. The number of rotatable bonds is 3. The van der Waals surface area contributed by atoms with Crippen molar-refractivity contribution in [1.29, 1.82) is 0 Å². The highest BCUT2D eigenvalue weighted by atomic mass is 15.2. The Balaban J connectivity index is 1.73. The number of anilines is 1. The number of piperidine rings is 1. The molecule has 1 aliphatic heterocycles. The average Bonchev–Trinajstić information content (AvgIpc) is 3.08. The van der Waals surface area contributed by atoms with Crippen molar-refractivity contribution in [2.24, 2.45) is 0 Å². The number of aromatic nitrogens is 6. The molecule has 1 atom stereocenters. The summed E-state index contributed by atoms with van der Waals surface area (Å²) in [7, 11) is 0. The van der Waals surface area contributed by atoms with E-state index in [1.807, 2.05) is 45.3 Å². The van der Waals surface area contributed by atoms with Crippen molar-refractivity contribution < 1.29 is 0 Å². The van der Waals surface area contributed by atoms with Crippen LogP contribution in [0.15, 0.2) is 24.5 Å².